The van der Waals surface area contributed by atoms with Crippen LogP contribution in [0.15, 0.2) is 30.3 Å². The van der Waals surface area contributed by atoms with Gasteiger partial charge in [-0.3, -0.25) is 9.59 Å². The van der Waals surface area contributed by atoms with Gasteiger partial charge in [-0.1, -0.05) is 37.3 Å². The average Bonchev–Trinajstić information content (AvgIpc) is 2.61. The highest BCUT2D eigenvalue weighted by Gasteiger charge is 2.23. The Bertz CT molecular complexity index is 533. The molecule has 0 radical (unpaired) electrons. The molecular formula is C19H30ClN3O2. The summed E-state index contributed by atoms with van der Waals surface area (Å²) in [5.41, 5.74) is 1.04. The first-order valence-electron chi connectivity index (χ1n) is 8.88. The summed E-state index contributed by atoms with van der Waals surface area (Å²) in [5, 5.41) is 9.06. The SMILES string of the molecule is CC(NC(=O)CC(C)C1CCCNC1)C(=O)NCc1ccccc1.Cl. The molecule has 140 valence electrons. The van der Waals surface area contributed by atoms with Gasteiger partial charge >= 0.3 is 0 Å². The number of carbonyl (C=O) groups is 2. The Morgan fingerprint density at radius 3 is 2.60 bits per heavy atom. The smallest absolute Gasteiger partial charge is 0.242 e. The van der Waals surface area contributed by atoms with Crippen LogP contribution in [-0.2, 0) is 16.1 Å². The van der Waals surface area contributed by atoms with Crippen molar-refractivity contribution in [2.45, 2.75) is 45.7 Å². The third-order valence-electron chi connectivity index (χ3n) is 4.73. The number of amides is 2. The summed E-state index contributed by atoms with van der Waals surface area (Å²) in [6.07, 6.45) is 2.83. The molecule has 3 unspecified atom stereocenters. The minimum Gasteiger partial charge on any atom is -0.350 e. The minimum atomic E-state index is -0.516. The molecule has 1 aliphatic heterocycles. The maximum absolute atomic E-state index is 12.2. The van der Waals surface area contributed by atoms with Crippen LogP contribution in [-0.4, -0.2) is 30.9 Å². The number of halogens is 1. The van der Waals surface area contributed by atoms with Gasteiger partial charge in [0.2, 0.25) is 11.8 Å². The van der Waals surface area contributed by atoms with Gasteiger partial charge in [-0.05, 0) is 50.3 Å². The largest absolute Gasteiger partial charge is 0.350 e. The third-order valence-corrected chi connectivity index (χ3v) is 4.73. The Balaban J connectivity index is 0.00000312. The maximum atomic E-state index is 12.2. The number of carbonyl (C=O) groups excluding carboxylic acids is 2. The van der Waals surface area contributed by atoms with Gasteiger partial charge in [0.1, 0.15) is 6.04 Å². The van der Waals surface area contributed by atoms with E-state index in [0.717, 1.165) is 18.7 Å². The fourth-order valence-electron chi connectivity index (χ4n) is 3.13. The van der Waals surface area contributed by atoms with E-state index in [1.165, 1.54) is 12.8 Å². The number of benzene rings is 1. The van der Waals surface area contributed by atoms with Gasteiger partial charge in [-0.25, -0.2) is 0 Å². The number of nitrogens with one attached hydrogen (secondary N) is 3. The molecule has 5 nitrogen and oxygen atoms in total. The van der Waals surface area contributed by atoms with Crippen LogP contribution in [0.2, 0.25) is 0 Å². The molecule has 6 heteroatoms. The van der Waals surface area contributed by atoms with Crippen molar-refractivity contribution < 1.29 is 9.59 Å². The summed E-state index contributed by atoms with van der Waals surface area (Å²) < 4.78 is 0. The van der Waals surface area contributed by atoms with Crippen LogP contribution in [0, 0.1) is 11.8 Å². The molecule has 25 heavy (non-hydrogen) atoms. The molecule has 0 saturated carbocycles. The lowest BCUT2D eigenvalue weighted by Gasteiger charge is -2.28. The first kappa shape index (κ1) is 21.5. The van der Waals surface area contributed by atoms with Crippen LogP contribution >= 0.6 is 12.4 Å². The molecular weight excluding hydrogens is 338 g/mol. The zero-order valence-corrected chi connectivity index (χ0v) is 15.9. The van der Waals surface area contributed by atoms with Gasteiger partial charge in [0.15, 0.2) is 0 Å². The molecule has 1 aliphatic rings. The zero-order chi connectivity index (χ0) is 17.4. The van der Waals surface area contributed by atoms with E-state index in [2.05, 4.69) is 22.9 Å². The highest BCUT2D eigenvalue weighted by Crippen LogP contribution is 2.22. The lowest BCUT2D eigenvalue weighted by Crippen LogP contribution is -2.45. The van der Waals surface area contributed by atoms with E-state index in [1.807, 2.05) is 30.3 Å². The number of rotatable bonds is 7. The second-order valence-corrected chi connectivity index (χ2v) is 6.78. The van der Waals surface area contributed by atoms with E-state index in [-0.39, 0.29) is 24.2 Å². The lowest BCUT2D eigenvalue weighted by molar-refractivity contribution is -0.129. The van der Waals surface area contributed by atoms with Crippen molar-refractivity contribution in [3.8, 4) is 0 Å². The molecule has 2 amide bonds. The molecule has 2 rings (SSSR count). The highest BCUT2D eigenvalue weighted by molar-refractivity contribution is 5.87. The van der Waals surface area contributed by atoms with Crippen LogP contribution in [0.4, 0.5) is 0 Å². The molecule has 1 saturated heterocycles. The summed E-state index contributed by atoms with van der Waals surface area (Å²) in [5.74, 6) is 0.679. The zero-order valence-electron chi connectivity index (χ0n) is 15.1. The summed E-state index contributed by atoms with van der Waals surface area (Å²) in [4.78, 5) is 24.3. The molecule has 0 spiro atoms. The van der Waals surface area contributed by atoms with Crippen molar-refractivity contribution in [2.24, 2.45) is 11.8 Å². The van der Waals surface area contributed by atoms with E-state index in [1.54, 1.807) is 6.92 Å². The lowest BCUT2D eigenvalue weighted by atomic mass is 9.85. The van der Waals surface area contributed by atoms with Gasteiger partial charge in [-0.2, -0.15) is 0 Å². The van der Waals surface area contributed by atoms with Gasteiger partial charge in [0, 0.05) is 13.0 Å². The molecule has 0 aromatic heterocycles. The topological polar surface area (TPSA) is 70.2 Å². The Labute approximate surface area is 156 Å². The molecule has 1 heterocycles. The third kappa shape index (κ3) is 7.45. The molecule has 3 N–H and O–H groups in total. The molecule has 1 fully saturated rings. The Hall–Kier alpha value is -1.59. The molecule has 3 atom stereocenters. The first-order chi connectivity index (χ1) is 11.6. The summed E-state index contributed by atoms with van der Waals surface area (Å²) in [7, 11) is 0. The van der Waals surface area contributed by atoms with Crippen LogP contribution in [0.5, 0.6) is 0 Å². The van der Waals surface area contributed by atoms with Gasteiger partial charge in [0.25, 0.3) is 0 Å². The normalized spacial score (nSPS) is 19.2. The second kappa shape index (κ2) is 11.1. The highest BCUT2D eigenvalue weighted by atomic mass is 35.5. The van der Waals surface area contributed by atoms with E-state index >= 15 is 0 Å². The monoisotopic (exact) mass is 367 g/mol. The predicted octanol–water partition coefficient (Wildman–Crippen LogP) is 2.26. The summed E-state index contributed by atoms with van der Waals surface area (Å²) in [6, 6.07) is 9.23. The van der Waals surface area contributed by atoms with Crippen molar-refractivity contribution in [1.29, 1.82) is 0 Å². The van der Waals surface area contributed by atoms with E-state index in [9.17, 15) is 9.59 Å². The van der Waals surface area contributed by atoms with Crippen LogP contribution in [0.3, 0.4) is 0 Å². The first-order valence-corrected chi connectivity index (χ1v) is 8.88. The van der Waals surface area contributed by atoms with Crippen molar-refractivity contribution in [1.82, 2.24) is 16.0 Å². The fraction of sp³-hybridized carbons (Fsp3) is 0.579. The van der Waals surface area contributed by atoms with Crippen LogP contribution in [0.1, 0.15) is 38.7 Å². The fourth-order valence-corrected chi connectivity index (χ4v) is 3.13. The molecule has 1 aromatic rings. The van der Waals surface area contributed by atoms with Gasteiger partial charge < -0.3 is 16.0 Å². The van der Waals surface area contributed by atoms with E-state index < -0.39 is 6.04 Å². The molecule has 1 aromatic carbocycles. The van der Waals surface area contributed by atoms with Gasteiger partial charge in [-0.15, -0.1) is 12.4 Å². The standard InChI is InChI=1S/C19H29N3O2.ClH/c1-14(17-9-6-10-20-13-17)11-18(23)22-15(2)19(24)21-12-16-7-4-3-5-8-16;/h3-5,7-8,14-15,17,20H,6,9-13H2,1-2H3,(H,21,24)(H,22,23);1H. The van der Waals surface area contributed by atoms with E-state index in [0.29, 0.717) is 24.8 Å². The molecule has 0 aliphatic carbocycles. The quantitative estimate of drug-likeness (QED) is 0.692. The van der Waals surface area contributed by atoms with Crippen LogP contribution < -0.4 is 16.0 Å². The van der Waals surface area contributed by atoms with Gasteiger partial charge in [0.05, 0.1) is 0 Å². The second-order valence-electron chi connectivity index (χ2n) is 6.78. The number of hydrogen-bond acceptors (Lipinski definition) is 3. The summed E-state index contributed by atoms with van der Waals surface area (Å²) in [6.45, 7) is 6.39. The van der Waals surface area contributed by atoms with Crippen molar-refractivity contribution in [3.05, 3.63) is 35.9 Å². The Morgan fingerprint density at radius 2 is 1.96 bits per heavy atom. The minimum absolute atomic E-state index is 0. The van der Waals surface area contributed by atoms with Crippen LogP contribution in [0.25, 0.3) is 0 Å². The van der Waals surface area contributed by atoms with Crippen molar-refractivity contribution in [2.75, 3.05) is 13.1 Å². The summed E-state index contributed by atoms with van der Waals surface area (Å²) >= 11 is 0. The number of piperidine rings is 1. The predicted molar refractivity (Wildman–Crippen MR) is 103 cm³/mol. The van der Waals surface area contributed by atoms with Crippen molar-refractivity contribution in [3.63, 3.8) is 0 Å². The number of hydrogen-bond donors (Lipinski definition) is 3. The average molecular weight is 368 g/mol. The molecule has 0 bridgehead atoms. The van der Waals surface area contributed by atoms with E-state index in [4.69, 9.17) is 0 Å². The van der Waals surface area contributed by atoms with Crippen molar-refractivity contribution >= 4 is 24.2 Å². The Morgan fingerprint density at radius 1 is 1.24 bits per heavy atom. The Kier molecular flexibility index (Phi) is 9.53. The maximum Gasteiger partial charge on any atom is 0.242 e.